The Morgan fingerprint density at radius 3 is 2.45 bits per heavy atom. The van der Waals surface area contributed by atoms with Crippen LogP contribution >= 0.6 is 0 Å². The van der Waals surface area contributed by atoms with Crippen molar-refractivity contribution in [3.05, 3.63) is 12.7 Å². The molecule has 1 atom stereocenters. The second kappa shape index (κ2) is 4.94. The van der Waals surface area contributed by atoms with E-state index in [1.807, 2.05) is 13.8 Å². The maximum Gasteiger partial charge on any atom is 0.303 e. The summed E-state index contributed by atoms with van der Waals surface area (Å²) in [6, 6.07) is 0. The molecule has 0 spiro atoms. The highest BCUT2D eigenvalue weighted by atomic mass is 16.4. The standard InChI is InChI=1S/C9H16O2/c1-4-5-8(7(2)3)6-9(10)11/h4,7-8H,1,5-6H2,2-3H3,(H,10,11). The van der Waals surface area contributed by atoms with Crippen LogP contribution in [-0.4, -0.2) is 11.1 Å². The summed E-state index contributed by atoms with van der Waals surface area (Å²) in [5.74, 6) is -0.0559. The van der Waals surface area contributed by atoms with E-state index < -0.39 is 5.97 Å². The molecule has 0 fully saturated rings. The van der Waals surface area contributed by atoms with Crippen LogP contribution in [-0.2, 0) is 4.79 Å². The van der Waals surface area contributed by atoms with Crippen molar-refractivity contribution in [2.75, 3.05) is 0 Å². The van der Waals surface area contributed by atoms with Crippen molar-refractivity contribution in [3.8, 4) is 0 Å². The summed E-state index contributed by atoms with van der Waals surface area (Å²) in [6.07, 6.45) is 2.83. The zero-order valence-corrected chi connectivity index (χ0v) is 7.21. The van der Waals surface area contributed by atoms with Gasteiger partial charge in [-0.05, 0) is 18.3 Å². The number of hydrogen-bond donors (Lipinski definition) is 1. The summed E-state index contributed by atoms with van der Waals surface area (Å²) >= 11 is 0. The molecule has 0 rings (SSSR count). The molecule has 0 bridgehead atoms. The smallest absolute Gasteiger partial charge is 0.303 e. The van der Waals surface area contributed by atoms with Gasteiger partial charge in [0.1, 0.15) is 0 Å². The molecule has 0 radical (unpaired) electrons. The van der Waals surface area contributed by atoms with Gasteiger partial charge < -0.3 is 5.11 Å². The molecule has 0 aliphatic rings. The van der Waals surface area contributed by atoms with Gasteiger partial charge in [-0.1, -0.05) is 19.9 Å². The van der Waals surface area contributed by atoms with Crippen molar-refractivity contribution < 1.29 is 9.90 Å². The topological polar surface area (TPSA) is 37.3 Å². The van der Waals surface area contributed by atoms with Gasteiger partial charge in [-0.15, -0.1) is 6.58 Å². The normalized spacial score (nSPS) is 13.0. The Kier molecular flexibility index (Phi) is 4.59. The van der Waals surface area contributed by atoms with Crippen molar-refractivity contribution in [1.82, 2.24) is 0 Å². The molecule has 64 valence electrons. The van der Waals surface area contributed by atoms with Crippen LogP contribution in [0.5, 0.6) is 0 Å². The first-order valence-corrected chi connectivity index (χ1v) is 3.90. The number of carboxylic acid groups (broad SMARTS) is 1. The zero-order valence-electron chi connectivity index (χ0n) is 7.21. The van der Waals surface area contributed by atoms with Gasteiger partial charge in [0.05, 0.1) is 0 Å². The van der Waals surface area contributed by atoms with Crippen molar-refractivity contribution >= 4 is 5.97 Å². The van der Waals surface area contributed by atoms with Gasteiger partial charge >= 0.3 is 5.97 Å². The van der Waals surface area contributed by atoms with E-state index >= 15 is 0 Å². The third-order valence-corrected chi connectivity index (χ3v) is 1.85. The van der Waals surface area contributed by atoms with Crippen molar-refractivity contribution in [3.63, 3.8) is 0 Å². The predicted octanol–water partition coefficient (Wildman–Crippen LogP) is 2.31. The summed E-state index contributed by atoms with van der Waals surface area (Å²) in [5.41, 5.74) is 0. The van der Waals surface area contributed by atoms with E-state index in [2.05, 4.69) is 6.58 Å². The molecule has 0 saturated heterocycles. The van der Waals surface area contributed by atoms with Crippen LogP contribution in [0, 0.1) is 11.8 Å². The third-order valence-electron chi connectivity index (χ3n) is 1.85. The van der Waals surface area contributed by atoms with Crippen LogP contribution in [0.4, 0.5) is 0 Å². The molecule has 0 heterocycles. The van der Waals surface area contributed by atoms with Gasteiger partial charge in [0.15, 0.2) is 0 Å². The molecule has 1 unspecified atom stereocenters. The Morgan fingerprint density at radius 1 is 1.64 bits per heavy atom. The maximum atomic E-state index is 10.4. The Balaban J connectivity index is 3.88. The second-order valence-corrected chi connectivity index (χ2v) is 3.13. The Morgan fingerprint density at radius 2 is 2.18 bits per heavy atom. The quantitative estimate of drug-likeness (QED) is 0.620. The SMILES string of the molecule is C=CCC(CC(=O)O)C(C)C. The van der Waals surface area contributed by atoms with Crippen LogP contribution in [0.1, 0.15) is 26.7 Å². The number of carbonyl (C=O) groups is 1. The van der Waals surface area contributed by atoms with Crippen molar-refractivity contribution in [2.24, 2.45) is 11.8 Å². The molecule has 0 aromatic carbocycles. The summed E-state index contributed by atoms with van der Waals surface area (Å²) in [6.45, 7) is 7.67. The summed E-state index contributed by atoms with van der Waals surface area (Å²) in [7, 11) is 0. The summed E-state index contributed by atoms with van der Waals surface area (Å²) < 4.78 is 0. The van der Waals surface area contributed by atoms with E-state index in [0.29, 0.717) is 5.92 Å². The molecule has 0 aliphatic heterocycles. The lowest BCUT2D eigenvalue weighted by Crippen LogP contribution is -2.12. The average Bonchev–Trinajstić information content (AvgIpc) is 1.86. The molecule has 0 aromatic rings. The first-order chi connectivity index (χ1) is 5.07. The Labute approximate surface area is 67.9 Å². The van der Waals surface area contributed by atoms with E-state index in [-0.39, 0.29) is 12.3 Å². The lowest BCUT2D eigenvalue weighted by atomic mass is 9.90. The molecular formula is C9H16O2. The first-order valence-electron chi connectivity index (χ1n) is 3.90. The number of aliphatic carboxylic acids is 1. The highest BCUT2D eigenvalue weighted by Crippen LogP contribution is 2.19. The van der Waals surface area contributed by atoms with Crippen molar-refractivity contribution in [1.29, 1.82) is 0 Å². The summed E-state index contributed by atoms with van der Waals surface area (Å²) in [5, 5.41) is 8.53. The first kappa shape index (κ1) is 10.2. The number of carboxylic acids is 1. The van der Waals surface area contributed by atoms with E-state index in [9.17, 15) is 4.79 Å². The highest BCUT2D eigenvalue weighted by molar-refractivity contribution is 5.67. The zero-order chi connectivity index (χ0) is 8.85. The number of allylic oxidation sites excluding steroid dienone is 1. The van der Waals surface area contributed by atoms with E-state index in [1.165, 1.54) is 0 Å². The fourth-order valence-electron chi connectivity index (χ4n) is 1.03. The molecule has 0 aliphatic carbocycles. The fourth-order valence-corrected chi connectivity index (χ4v) is 1.03. The predicted molar refractivity (Wildman–Crippen MR) is 45.4 cm³/mol. The van der Waals surface area contributed by atoms with Gasteiger partial charge in [0.2, 0.25) is 0 Å². The monoisotopic (exact) mass is 156 g/mol. The second-order valence-electron chi connectivity index (χ2n) is 3.13. The Hall–Kier alpha value is -0.790. The molecule has 2 nitrogen and oxygen atoms in total. The van der Waals surface area contributed by atoms with Gasteiger partial charge in [0, 0.05) is 6.42 Å². The van der Waals surface area contributed by atoms with E-state index in [4.69, 9.17) is 5.11 Å². The highest BCUT2D eigenvalue weighted by Gasteiger charge is 2.14. The van der Waals surface area contributed by atoms with Crippen LogP contribution in [0.2, 0.25) is 0 Å². The molecule has 2 heteroatoms. The molecular weight excluding hydrogens is 140 g/mol. The minimum Gasteiger partial charge on any atom is -0.481 e. The van der Waals surface area contributed by atoms with Gasteiger partial charge in [-0.25, -0.2) is 0 Å². The van der Waals surface area contributed by atoms with Gasteiger partial charge in [-0.3, -0.25) is 4.79 Å². The average molecular weight is 156 g/mol. The maximum absolute atomic E-state index is 10.4. The molecule has 11 heavy (non-hydrogen) atoms. The largest absolute Gasteiger partial charge is 0.481 e. The molecule has 1 N–H and O–H groups in total. The lowest BCUT2D eigenvalue weighted by molar-refractivity contribution is -0.138. The third kappa shape index (κ3) is 4.59. The van der Waals surface area contributed by atoms with Crippen molar-refractivity contribution in [2.45, 2.75) is 26.7 Å². The van der Waals surface area contributed by atoms with Crippen LogP contribution < -0.4 is 0 Å². The van der Waals surface area contributed by atoms with Crippen LogP contribution in [0.25, 0.3) is 0 Å². The number of hydrogen-bond acceptors (Lipinski definition) is 1. The number of rotatable bonds is 5. The molecule has 0 aromatic heterocycles. The minimum atomic E-state index is -0.717. The fraction of sp³-hybridized carbons (Fsp3) is 0.667. The van der Waals surface area contributed by atoms with E-state index in [1.54, 1.807) is 6.08 Å². The van der Waals surface area contributed by atoms with Crippen LogP contribution in [0.15, 0.2) is 12.7 Å². The van der Waals surface area contributed by atoms with Gasteiger partial charge in [0.25, 0.3) is 0 Å². The van der Waals surface area contributed by atoms with Gasteiger partial charge in [-0.2, -0.15) is 0 Å². The minimum absolute atomic E-state index is 0.241. The Bertz CT molecular complexity index is 138. The van der Waals surface area contributed by atoms with Crippen LogP contribution in [0.3, 0.4) is 0 Å². The summed E-state index contributed by atoms with van der Waals surface area (Å²) in [4.78, 5) is 10.4. The van der Waals surface area contributed by atoms with E-state index in [0.717, 1.165) is 6.42 Å². The molecule has 0 amide bonds. The lowest BCUT2D eigenvalue weighted by Gasteiger charge is -2.16. The molecule has 0 saturated carbocycles.